The van der Waals surface area contributed by atoms with Crippen molar-refractivity contribution in [2.45, 2.75) is 25.4 Å². The lowest BCUT2D eigenvalue weighted by Gasteiger charge is -2.32. The smallest absolute Gasteiger partial charge is 0.230 e. The molecule has 1 aromatic carbocycles. The molecule has 0 amide bonds. The van der Waals surface area contributed by atoms with Crippen molar-refractivity contribution in [1.29, 1.82) is 0 Å². The van der Waals surface area contributed by atoms with Gasteiger partial charge in [0.1, 0.15) is 6.33 Å². The first kappa shape index (κ1) is 20.5. The summed E-state index contributed by atoms with van der Waals surface area (Å²) in [6.45, 7) is 11.8. The number of rotatable bonds is 9. The van der Waals surface area contributed by atoms with Gasteiger partial charge in [0, 0.05) is 48.3 Å². The number of fused-ring (bicyclic) bond motifs is 1. The summed E-state index contributed by atoms with van der Waals surface area (Å²) in [6, 6.07) is 11.4. The maximum atomic E-state index is 4.69. The average Bonchev–Trinajstić information content (AvgIpc) is 3.21. The average molecular weight is 421 g/mol. The lowest BCUT2D eigenvalue weighted by molar-refractivity contribution is 0.412. The Morgan fingerprint density at radius 3 is 2.63 bits per heavy atom. The van der Waals surface area contributed by atoms with E-state index in [4.69, 9.17) is 4.98 Å². The van der Waals surface area contributed by atoms with Crippen molar-refractivity contribution in [3.63, 3.8) is 0 Å². The molecule has 3 aromatic rings. The van der Waals surface area contributed by atoms with E-state index >= 15 is 0 Å². The quantitative estimate of drug-likeness (QED) is 0.528. The third-order valence-corrected chi connectivity index (χ3v) is 6.46. The van der Waals surface area contributed by atoms with Crippen LogP contribution in [0.2, 0.25) is 0 Å². The molecule has 1 aliphatic heterocycles. The first-order valence-electron chi connectivity index (χ1n) is 10.4. The number of hydrogen-bond acceptors (Lipinski definition) is 7. The molecular weight excluding hydrogens is 392 g/mol. The predicted molar refractivity (Wildman–Crippen MR) is 126 cm³/mol. The fraction of sp³-hybridized carbons (Fsp3) is 0.348. The van der Waals surface area contributed by atoms with Crippen molar-refractivity contribution >= 4 is 33.3 Å². The summed E-state index contributed by atoms with van der Waals surface area (Å²) in [5.41, 5.74) is 0. The van der Waals surface area contributed by atoms with Crippen molar-refractivity contribution in [1.82, 2.24) is 20.3 Å². The Labute approximate surface area is 182 Å². The largest absolute Gasteiger partial charge is 0.341 e. The van der Waals surface area contributed by atoms with Crippen LogP contribution in [0.25, 0.3) is 10.1 Å². The highest BCUT2D eigenvalue weighted by Gasteiger charge is 2.21. The number of nitrogens with one attached hydrogen (secondary N) is 1. The first-order chi connectivity index (χ1) is 14.8. The van der Waals surface area contributed by atoms with Crippen LogP contribution in [0.15, 0.2) is 62.0 Å². The minimum Gasteiger partial charge on any atom is -0.341 e. The Morgan fingerprint density at radius 1 is 1.13 bits per heavy atom. The molecule has 1 aliphatic rings. The Balaban J connectivity index is 1.32. The summed E-state index contributed by atoms with van der Waals surface area (Å²) < 4.78 is 1.36. The molecule has 6 nitrogen and oxygen atoms in total. The molecule has 0 saturated carbocycles. The summed E-state index contributed by atoms with van der Waals surface area (Å²) in [4.78, 5) is 19.1. The van der Waals surface area contributed by atoms with Gasteiger partial charge >= 0.3 is 0 Å². The predicted octanol–water partition coefficient (Wildman–Crippen LogP) is 4.02. The summed E-state index contributed by atoms with van der Waals surface area (Å²) in [5.74, 6) is 1.42. The maximum absolute atomic E-state index is 4.69. The maximum Gasteiger partial charge on any atom is 0.230 e. The van der Waals surface area contributed by atoms with Gasteiger partial charge in [0.05, 0.1) is 0 Å². The first-order valence-corrected chi connectivity index (χ1v) is 11.2. The van der Waals surface area contributed by atoms with E-state index in [-0.39, 0.29) is 0 Å². The lowest BCUT2D eigenvalue weighted by atomic mass is 10.1. The number of piperidine rings is 1. The van der Waals surface area contributed by atoms with E-state index in [1.807, 2.05) is 28.4 Å². The lowest BCUT2D eigenvalue weighted by Crippen LogP contribution is -2.43. The second-order valence-corrected chi connectivity index (χ2v) is 8.63. The zero-order valence-corrected chi connectivity index (χ0v) is 18.0. The van der Waals surface area contributed by atoms with Gasteiger partial charge in [0.25, 0.3) is 0 Å². The van der Waals surface area contributed by atoms with Gasteiger partial charge in [-0.25, -0.2) is 9.97 Å². The van der Waals surface area contributed by atoms with E-state index in [0.717, 1.165) is 38.4 Å². The molecule has 2 aromatic heterocycles. The van der Waals surface area contributed by atoms with Gasteiger partial charge in [-0.2, -0.15) is 4.98 Å². The molecule has 0 spiro atoms. The molecule has 0 aliphatic carbocycles. The molecule has 1 saturated heterocycles. The fourth-order valence-electron chi connectivity index (χ4n) is 3.79. The molecule has 0 bridgehead atoms. The van der Waals surface area contributed by atoms with Crippen molar-refractivity contribution in [2.75, 3.05) is 36.0 Å². The number of anilines is 2. The Kier molecular flexibility index (Phi) is 6.71. The van der Waals surface area contributed by atoms with Crippen LogP contribution in [0.1, 0.15) is 17.7 Å². The monoisotopic (exact) mass is 420 g/mol. The van der Waals surface area contributed by atoms with Crippen LogP contribution in [0.5, 0.6) is 0 Å². The van der Waals surface area contributed by atoms with Gasteiger partial charge in [-0.05, 0) is 30.4 Å². The standard InChI is InChI=1S/C23H28N6S/c1-3-11-28(12-4-2)22-25-17-26-23(27-22)29-13-9-19(10-14-29)24-16-20-15-18-7-5-6-8-21(18)30-20/h3-8,15,17,19,24H,1-2,9-14,16H2. The van der Waals surface area contributed by atoms with Gasteiger partial charge in [-0.3, -0.25) is 0 Å². The second-order valence-electron chi connectivity index (χ2n) is 7.46. The van der Waals surface area contributed by atoms with Gasteiger partial charge < -0.3 is 15.1 Å². The van der Waals surface area contributed by atoms with Gasteiger partial charge in [0.2, 0.25) is 11.9 Å². The molecule has 0 atom stereocenters. The van der Waals surface area contributed by atoms with Crippen LogP contribution in [-0.4, -0.2) is 47.2 Å². The molecule has 30 heavy (non-hydrogen) atoms. The molecule has 1 fully saturated rings. The molecule has 0 unspecified atom stereocenters. The fourth-order valence-corrected chi connectivity index (χ4v) is 4.80. The number of aromatic nitrogens is 3. The summed E-state index contributed by atoms with van der Waals surface area (Å²) >= 11 is 1.88. The third kappa shape index (κ3) is 4.86. The van der Waals surface area contributed by atoms with Crippen LogP contribution in [0.3, 0.4) is 0 Å². The van der Waals surface area contributed by atoms with Gasteiger partial charge in [-0.1, -0.05) is 30.4 Å². The molecule has 1 N–H and O–H groups in total. The zero-order valence-electron chi connectivity index (χ0n) is 17.2. The van der Waals surface area contributed by atoms with Crippen molar-refractivity contribution in [2.24, 2.45) is 0 Å². The minimum atomic E-state index is 0.519. The third-order valence-electron chi connectivity index (χ3n) is 5.35. The molecule has 3 heterocycles. The zero-order chi connectivity index (χ0) is 20.8. The van der Waals surface area contributed by atoms with E-state index in [2.05, 4.69) is 63.7 Å². The van der Waals surface area contributed by atoms with Gasteiger partial charge in [-0.15, -0.1) is 24.5 Å². The van der Waals surface area contributed by atoms with Crippen LogP contribution >= 0.6 is 11.3 Å². The Morgan fingerprint density at radius 2 is 1.90 bits per heavy atom. The van der Waals surface area contributed by atoms with Crippen molar-refractivity contribution in [3.05, 3.63) is 66.8 Å². The molecule has 0 radical (unpaired) electrons. The highest BCUT2D eigenvalue weighted by molar-refractivity contribution is 7.19. The molecule has 7 heteroatoms. The van der Waals surface area contributed by atoms with Crippen molar-refractivity contribution in [3.8, 4) is 0 Å². The molecular formula is C23H28N6S. The van der Waals surface area contributed by atoms with E-state index in [1.165, 1.54) is 15.0 Å². The normalized spacial score (nSPS) is 14.7. The van der Waals surface area contributed by atoms with E-state index in [1.54, 1.807) is 6.33 Å². The Hall–Kier alpha value is -2.77. The van der Waals surface area contributed by atoms with Gasteiger partial charge in [0.15, 0.2) is 0 Å². The summed E-state index contributed by atoms with van der Waals surface area (Å²) in [5, 5.41) is 5.07. The van der Waals surface area contributed by atoms with E-state index in [0.29, 0.717) is 25.1 Å². The number of benzene rings is 1. The summed E-state index contributed by atoms with van der Waals surface area (Å²) in [6.07, 6.45) is 7.45. The van der Waals surface area contributed by atoms with Crippen LogP contribution in [0.4, 0.5) is 11.9 Å². The summed E-state index contributed by atoms with van der Waals surface area (Å²) in [7, 11) is 0. The molecule has 156 valence electrons. The second kappa shape index (κ2) is 9.82. The highest BCUT2D eigenvalue weighted by atomic mass is 32.1. The number of hydrogen-bond donors (Lipinski definition) is 1. The van der Waals surface area contributed by atoms with Crippen molar-refractivity contribution < 1.29 is 0 Å². The van der Waals surface area contributed by atoms with E-state index in [9.17, 15) is 0 Å². The SMILES string of the molecule is C=CCN(CC=C)c1ncnc(N2CCC(NCc3cc4ccccc4s3)CC2)n1. The number of thiophene rings is 1. The number of nitrogens with zero attached hydrogens (tertiary/aromatic N) is 5. The van der Waals surface area contributed by atoms with Crippen LogP contribution in [-0.2, 0) is 6.54 Å². The minimum absolute atomic E-state index is 0.519. The van der Waals surface area contributed by atoms with Crippen LogP contribution in [0, 0.1) is 0 Å². The topological polar surface area (TPSA) is 57.2 Å². The Bertz CT molecular complexity index is 949. The molecule has 4 rings (SSSR count). The highest BCUT2D eigenvalue weighted by Crippen LogP contribution is 2.25. The van der Waals surface area contributed by atoms with E-state index < -0.39 is 0 Å². The van der Waals surface area contributed by atoms with Crippen LogP contribution < -0.4 is 15.1 Å².